The number of nitrogens with one attached hydrogen (secondary N) is 1. The third kappa shape index (κ3) is 4.39. The molecule has 1 aromatic carbocycles. The van der Waals surface area contributed by atoms with E-state index in [-0.39, 0.29) is 5.91 Å². The maximum Gasteiger partial charge on any atom is 0.251 e. The van der Waals surface area contributed by atoms with Crippen molar-refractivity contribution in [2.75, 3.05) is 18.0 Å². The minimum Gasteiger partial charge on any atom is -0.357 e. The molecule has 2 aromatic rings. The van der Waals surface area contributed by atoms with Gasteiger partial charge in [0.1, 0.15) is 5.82 Å². The molecule has 1 saturated carbocycles. The van der Waals surface area contributed by atoms with E-state index < -0.39 is 0 Å². The second-order valence-corrected chi connectivity index (χ2v) is 8.64. The fourth-order valence-corrected chi connectivity index (χ4v) is 4.56. The molecule has 0 spiro atoms. The molecule has 5 heteroatoms. The molecule has 1 aromatic heterocycles. The zero-order chi connectivity index (χ0) is 17.9. The van der Waals surface area contributed by atoms with Crippen LogP contribution >= 0.6 is 11.8 Å². The largest absolute Gasteiger partial charge is 0.357 e. The van der Waals surface area contributed by atoms with Gasteiger partial charge in [0, 0.05) is 41.0 Å². The second-order valence-electron chi connectivity index (χ2n) is 7.27. The van der Waals surface area contributed by atoms with Crippen molar-refractivity contribution in [2.24, 2.45) is 0 Å². The maximum absolute atomic E-state index is 12.3. The van der Waals surface area contributed by atoms with Crippen LogP contribution in [0.4, 0.5) is 5.82 Å². The van der Waals surface area contributed by atoms with Crippen LogP contribution in [0.15, 0.2) is 47.5 Å². The van der Waals surface area contributed by atoms with E-state index in [1.54, 1.807) is 6.20 Å². The summed E-state index contributed by atoms with van der Waals surface area (Å²) in [5, 5.41) is 3.70. The van der Waals surface area contributed by atoms with E-state index in [4.69, 9.17) is 0 Å². The molecule has 1 saturated heterocycles. The van der Waals surface area contributed by atoms with Crippen molar-refractivity contribution in [3.63, 3.8) is 0 Å². The highest BCUT2D eigenvalue weighted by atomic mass is 32.2. The number of aromatic nitrogens is 1. The van der Waals surface area contributed by atoms with Crippen LogP contribution in [0.25, 0.3) is 0 Å². The van der Waals surface area contributed by atoms with Crippen LogP contribution in [0, 0.1) is 6.92 Å². The van der Waals surface area contributed by atoms with E-state index in [2.05, 4.69) is 46.4 Å². The number of piperidine rings is 1. The summed E-state index contributed by atoms with van der Waals surface area (Å²) in [6.45, 7) is 4.12. The first-order chi connectivity index (χ1) is 12.7. The molecular formula is C21H25N3OS. The van der Waals surface area contributed by atoms with Gasteiger partial charge in [-0.05, 0) is 56.9 Å². The Bertz CT molecular complexity index is 782. The molecule has 4 rings (SSSR count). The average Bonchev–Trinajstić information content (AvgIpc) is 3.46. The average molecular weight is 368 g/mol. The Balaban J connectivity index is 1.34. The number of aryl methyl sites for hydroxylation is 1. The van der Waals surface area contributed by atoms with E-state index in [9.17, 15) is 4.79 Å². The summed E-state index contributed by atoms with van der Waals surface area (Å²) >= 11 is 1.99. The minimum atomic E-state index is 0.0287. The zero-order valence-electron chi connectivity index (χ0n) is 15.1. The molecule has 136 valence electrons. The third-order valence-corrected chi connectivity index (χ3v) is 6.31. The topological polar surface area (TPSA) is 45.2 Å². The highest BCUT2D eigenvalue weighted by Gasteiger charge is 2.25. The lowest BCUT2D eigenvalue weighted by Gasteiger charge is -2.32. The van der Waals surface area contributed by atoms with Crippen molar-refractivity contribution in [2.45, 2.75) is 48.8 Å². The summed E-state index contributed by atoms with van der Waals surface area (Å²) in [6.07, 6.45) is 6.24. The first-order valence-electron chi connectivity index (χ1n) is 9.42. The normalized spacial score (nSPS) is 18.0. The van der Waals surface area contributed by atoms with Crippen molar-refractivity contribution in [3.05, 3.63) is 53.7 Å². The third-order valence-electron chi connectivity index (χ3n) is 4.98. The van der Waals surface area contributed by atoms with Gasteiger partial charge in [0.25, 0.3) is 5.91 Å². The van der Waals surface area contributed by atoms with Gasteiger partial charge >= 0.3 is 0 Å². The Morgan fingerprint density at radius 3 is 2.69 bits per heavy atom. The number of hydrogen-bond donors (Lipinski definition) is 1. The summed E-state index contributed by atoms with van der Waals surface area (Å²) in [5.74, 6) is 0.952. The van der Waals surface area contributed by atoms with Crippen molar-refractivity contribution < 1.29 is 4.79 Å². The number of carbonyl (C=O) groups is 1. The molecule has 1 aliphatic carbocycles. The molecule has 26 heavy (non-hydrogen) atoms. The van der Waals surface area contributed by atoms with Gasteiger partial charge in [0.05, 0.1) is 0 Å². The van der Waals surface area contributed by atoms with E-state index in [0.717, 1.165) is 50.2 Å². The number of carbonyl (C=O) groups excluding carboxylic acids is 1. The van der Waals surface area contributed by atoms with Gasteiger partial charge < -0.3 is 10.2 Å². The monoisotopic (exact) mass is 367 g/mol. The first-order valence-corrected chi connectivity index (χ1v) is 10.3. The second kappa shape index (κ2) is 7.70. The quantitative estimate of drug-likeness (QED) is 0.866. The predicted molar refractivity (Wildman–Crippen MR) is 107 cm³/mol. The number of rotatable bonds is 5. The summed E-state index contributed by atoms with van der Waals surface area (Å²) < 4.78 is 0. The van der Waals surface area contributed by atoms with Crippen LogP contribution in [0.5, 0.6) is 0 Å². The molecule has 4 nitrogen and oxygen atoms in total. The van der Waals surface area contributed by atoms with E-state index in [1.807, 2.05) is 23.9 Å². The number of pyridine rings is 1. The van der Waals surface area contributed by atoms with Gasteiger partial charge in [0.15, 0.2) is 0 Å². The van der Waals surface area contributed by atoms with Crippen molar-refractivity contribution in [1.29, 1.82) is 0 Å². The number of anilines is 1. The number of benzene rings is 1. The molecule has 0 radical (unpaired) electrons. The predicted octanol–water partition coefficient (Wildman–Crippen LogP) is 4.04. The standard InChI is InChI=1S/C21H25N3OS/c1-15-3-2-4-19(13-15)26-18-8-11-24(12-9-18)20-14-16(7-10-22-20)21(25)23-17-5-6-17/h2-4,7,10,13-14,17-18H,5-6,8-9,11-12H2,1H3,(H,23,25). The smallest absolute Gasteiger partial charge is 0.251 e. The number of thioether (sulfide) groups is 1. The van der Waals surface area contributed by atoms with Crippen molar-refractivity contribution >= 4 is 23.5 Å². The Labute approximate surface area is 159 Å². The highest BCUT2D eigenvalue weighted by molar-refractivity contribution is 8.00. The van der Waals surface area contributed by atoms with Crippen LogP contribution in [0.2, 0.25) is 0 Å². The summed E-state index contributed by atoms with van der Waals surface area (Å²) in [4.78, 5) is 20.4. The Hall–Kier alpha value is -2.01. The zero-order valence-corrected chi connectivity index (χ0v) is 16.0. The fraction of sp³-hybridized carbons (Fsp3) is 0.429. The fourth-order valence-electron chi connectivity index (χ4n) is 3.31. The van der Waals surface area contributed by atoms with E-state index in [0.29, 0.717) is 11.3 Å². The van der Waals surface area contributed by atoms with Crippen molar-refractivity contribution in [1.82, 2.24) is 10.3 Å². The van der Waals surface area contributed by atoms with Crippen molar-refractivity contribution in [3.8, 4) is 0 Å². The minimum absolute atomic E-state index is 0.0287. The Morgan fingerprint density at radius 1 is 1.15 bits per heavy atom. The molecule has 0 bridgehead atoms. The molecule has 1 aliphatic heterocycles. The van der Waals surface area contributed by atoms with Gasteiger partial charge in [0.2, 0.25) is 0 Å². The SMILES string of the molecule is Cc1cccc(SC2CCN(c3cc(C(=O)NC4CC4)ccn3)CC2)c1. The molecule has 2 fully saturated rings. The molecule has 1 amide bonds. The van der Waals surface area contributed by atoms with Gasteiger partial charge in [-0.15, -0.1) is 11.8 Å². The molecule has 0 atom stereocenters. The van der Waals surface area contributed by atoms with Crippen LogP contribution in [0.3, 0.4) is 0 Å². The number of hydrogen-bond acceptors (Lipinski definition) is 4. The first kappa shape index (κ1) is 17.4. The van der Waals surface area contributed by atoms with Crippen LogP contribution in [-0.4, -0.2) is 35.3 Å². The summed E-state index contributed by atoms with van der Waals surface area (Å²) in [7, 11) is 0. The molecule has 1 N–H and O–H groups in total. The van der Waals surface area contributed by atoms with Gasteiger partial charge in [-0.2, -0.15) is 0 Å². The lowest BCUT2D eigenvalue weighted by Crippen LogP contribution is -2.35. The molecule has 2 aliphatic rings. The van der Waals surface area contributed by atoms with Crippen LogP contribution in [-0.2, 0) is 0 Å². The van der Waals surface area contributed by atoms with E-state index >= 15 is 0 Å². The van der Waals surface area contributed by atoms with E-state index in [1.165, 1.54) is 10.5 Å². The number of nitrogens with zero attached hydrogens (tertiary/aromatic N) is 2. The molecule has 2 heterocycles. The van der Waals surface area contributed by atoms with Gasteiger partial charge in [-0.3, -0.25) is 4.79 Å². The maximum atomic E-state index is 12.3. The summed E-state index contributed by atoms with van der Waals surface area (Å²) in [5.41, 5.74) is 2.04. The van der Waals surface area contributed by atoms with Crippen LogP contribution in [0.1, 0.15) is 41.6 Å². The van der Waals surface area contributed by atoms with Gasteiger partial charge in [-0.25, -0.2) is 4.98 Å². The van der Waals surface area contributed by atoms with Crippen LogP contribution < -0.4 is 10.2 Å². The molecule has 0 unspecified atom stereocenters. The highest BCUT2D eigenvalue weighted by Crippen LogP contribution is 2.32. The Morgan fingerprint density at radius 2 is 1.96 bits per heavy atom. The lowest BCUT2D eigenvalue weighted by atomic mass is 10.1. The Kier molecular flexibility index (Phi) is 5.16. The summed E-state index contributed by atoms with van der Waals surface area (Å²) in [6, 6.07) is 12.9. The molecular weight excluding hydrogens is 342 g/mol. The number of amides is 1. The lowest BCUT2D eigenvalue weighted by molar-refractivity contribution is 0.0951. The van der Waals surface area contributed by atoms with Gasteiger partial charge in [-0.1, -0.05) is 17.7 Å².